The van der Waals surface area contributed by atoms with Gasteiger partial charge in [0.2, 0.25) is 5.28 Å². The standard InChI is InChI=1S/C6H5ClN4.ClH/c1-3-4-2-8-11-5(4)10-6(7)9-3;/h2H,1H3,(H,8,9,10,11);1H. The molecule has 0 saturated carbocycles. The number of hydrogen-bond donors (Lipinski definition) is 1. The van der Waals surface area contributed by atoms with Gasteiger partial charge >= 0.3 is 0 Å². The van der Waals surface area contributed by atoms with Crippen LogP contribution in [0.25, 0.3) is 11.0 Å². The third-order valence-corrected chi connectivity index (χ3v) is 1.64. The molecule has 0 bridgehead atoms. The van der Waals surface area contributed by atoms with Crippen LogP contribution in [0, 0.1) is 6.92 Å². The minimum Gasteiger partial charge on any atom is -0.261 e. The van der Waals surface area contributed by atoms with E-state index < -0.39 is 0 Å². The van der Waals surface area contributed by atoms with Crippen LogP contribution in [0.1, 0.15) is 5.69 Å². The zero-order valence-electron chi connectivity index (χ0n) is 6.21. The maximum Gasteiger partial charge on any atom is 0.224 e. The number of fused-ring (bicyclic) bond motifs is 1. The average Bonchev–Trinajstić information content (AvgIpc) is 2.34. The topological polar surface area (TPSA) is 54.5 Å². The lowest BCUT2D eigenvalue weighted by molar-refractivity contribution is 1.08. The predicted octanol–water partition coefficient (Wildman–Crippen LogP) is 1.74. The van der Waals surface area contributed by atoms with Gasteiger partial charge in [-0.3, -0.25) is 5.10 Å². The molecule has 1 N–H and O–H groups in total. The van der Waals surface area contributed by atoms with Crippen LogP contribution >= 0.6 is 24.0 Å². The van der Waals surface area contributed by atoms with Crippen molar-refractivity contribution in [2.75, 3.05) is 0 Å². The highest BCUT2D eigenvalue weighted by Crippen LogP contribution is 2.13. The number of aromatic amines is 1. The van der Waals surface area contributed by atoms with Gasteiger partial charge < -0.3 is 0 Å². The quantitative estimate of drug-likeness (QED) is 0.666. The van der Waals surface area contributed by atoms with Crippen molar-refractivity contribution >= 4 is 35.0 Å². The first kappa shape index (κ1) is 9.22. The molecular weight excluding hydrogens is 199 g/mol. The van der Waals surface area contributed by atoms with Gasteiger partial charge in [0.1, 0.15) is 0 Å². The summed E-state index contributed by atoms with van der Waals surface area (Å²) in [5.41, 5.74) is 1.52. The van der Waals surface area contributed by atoms with Crippen molar-refractivity contribution in [1.82, 2.24) is 20.2 Å². The normalized spacial score (nSPS) is 9.83. The molecule has 0 aliphatic rings. The fraction of sp³-hybridized carbons (Fsp3) is 0.167. The largest absolute Gasteiger partial charge is 0.261 e. The number of nitrogens with one attached hydrogen (secondary N) is 1. The van der Waals surface area contributed by atoms with E-state index in [1.165, 1.54) is 0 Å². The summed E-state index contributed by atoms with van der Waals surface area (Å²) in [6, 6.07) is 0. The lowest BCUT2D eigenvalue weighted by Gasteiger charge is -1.92. The van der Waals surface area contributed by atoms with E-state index in [1.54, 1.807) is 6.20 Å². The molecular formula is C6H6Cl2N4. The third-order valence-electron chi connectivity index (χ3n) is 1.47. The number of halogens is 2. The van der Waals surface area contributed by atoms with Gasteiger partial charge in [0, 0.05) is 0 Å². The number of hydrogen-bond acceptors (Lipinski definition) is 3. The molecule has 2 aromatic heterocycles. The van der Waals surface area contributed by atoms with Crippen LogP contribution < -0.4 is 0 Å². The van der Waals surface area contributed by atoms with Crippen LogP contribution in [0.3, 0.4) is 0 Å². The zero-order chi connectivity index (χ0) is 7.84. The summed E-state index contributed by atoms with van der Waals surface area (Å²) in [4.78, 5) is 7.90. The Kier molecular flexibility index (Phi) is 2.49. The Labute approximate surface area is 79.8 Å². The van der Waals surface area contributed by atoms with E-state index in [4.69, 9.17) is 11.6 Å². The molecule has 0 aliphatic carbocycles. The molecule has 0 radical (unpaired) electrons. The van der Waals surface area contributed by atoms with Crippen molar-refractivity contribution in [2.45, 2.75) is 6.92 Å². The molecule has 0 aliphatic heterocycles. The van der Waals surface area contributed by atoms with Crippen molar-refractivity contribution < 1.29 is 0 Å². The van der Waals surface area contributed by atoms with Crippen molar-refractivity contribution in [3.05, 3.63) is 17.2 Å². The van der Waals surface area contributed by atoms with E-state index in [0.29, 0.717) is 5.65 Å². The molecule has 2 rings (SSSR count). The SMILES string of the molecule is Cc1nc(Cl)nc2[nH]ncc12.Cl. The molecule has 0 aromatic carbocycles. The lowest BCUT2D eigenvalue weighted by atomic mass is 10.3. The van der Waals surface area contributed by atoms with Crippen molar-refractivity contribution in [1.29, 1.82) is 0 Å². The van der Waals surface area contributed by atoms with Gasteiger partial charge in [0.15, 0.2) is 5.65 Å². The van der Waals surface area contributed by atoms with Crippen LogP contribution in [0.2, 0.25) is 5.28 Å². The van der Waals surface area contributed by atoms with Gasteiger partial charge in [0.25, 0.3) is 0 Å². The highest BCUT2D eigenvalue weighted by atomic mass is 35.5. The van der Waals surface area contributed by atoms with Gasteiger partial charge in [-0.15, -0.1) is 12.4 Å². The van der Waals surface area contributed by atoms with Crippen molar-refractivity contribution in [2.24, 2.45) is 0 Å². The number of aryl methyl sites for hydroxylation is 1. The Morgan fingerprint density at radius 3 is 2.92 bits per heavy atom. The average molecular weight is 205 g/mol. The summed E-state index contributed by atoms with van der Waals surface area (Å²) < 4.78 is 0. The van der Waals surface area contributed by atoms with Crippen LogP contribution in [0.5, 0.6) is 0 Å². The monoisotopic (exact) mass is 204 g/mol. The van der Waals surface area contributed by atoms with Crippen LogP contribution in [-0.4, -0.2) is 20.2 Å². The molecule has 0 saturated heterocycles. The fourth-order valence-electron chi connectivity index (χ4n) is 0.945. The van der Waals surface area contributed by atoms with Crippen LogP contribution in [0.4, 0.5) is 0 Å². The second kappa shape index (κ2) is 3.25. The maximum absolute atomic E-state index is 5.61. The summed E-state index contributed by atoms with van der Waals surface area (Å²) >= 11 is 5.61. The summed E-state index contributed by atoms with van der Waals surface area (Å²) in [6.07, 6.45) is 1.68. The molecule has 4 nitrogen and oxygen atoms in total. The molecule has 0 atom stereocenters. The van der Waals surface area contributed by atoms with Gasteiger partial charge in [-0.25, -0.2) is 4.98 Å². The van der Waals surface area contributed by atoms with E-state index in [0.717, 1.165) is 11.1 Å². The Morgan fingerprint density at radius 2 is 2.17 bits per heavy atom. The molecule has 12 heavy (non-hydrogen) atoms. The minimum atomic E-state index is 0. The van der Waals surface area contributed by atoms with Crippen molar-refractivity contribution in [3.8, 4) is 0 Å². The van der Waals surface area contributed by atoms with E-state index >= 15 is 0 Å². The first-order valence-corrected chi connectivity index (χ1v) is 3.48. The Balaban J connectivity index is 0.000000720. The molecule has 0 amide bonds. The molecule has 2 aromatic rings. The summed E-state index contributed by atoms with van der Waals surface area (Å²) in [5, 5.41) is 7.69. The molecule has 2 heterocycles. The molecule has 0 unspecified atom stereocenters. The number of aromatic nitrogens is 4. The maximum atomic E-state index is 5.61. The van der Waals surface area contributed by atoms with Crippen LogP contribution in [-0.2, 0) is 0 Å². The van der Waals surface area contributed by atoms with Crippen LogP contribution in [0.15, 0.2) is 6.20 Å². The molecule has 0 fully saturated rings. The zero-order valence-corrected chi connectivity index (χ0v) is 7.78. The van der Waals surface area contributed by atoms with E-state index in [-0.39, 0.29) is 17.7 Å². The number of H-pyrrole nitrogens is 1. The van der Waals surface area contributed by atoms with Gasteiger partial charge in [-0.2, -0.15) is 10.1 Å². The first-order chi connectivity index (χ1) is 5.27. The molecule has 6 heteroatoms. The fourth-order valence-corrected chi connectivity index (χ4v) is 1.16. The first-order valence-electron chi connectivity index (χ1n) is 3.10. The van der Waals surface area contributed by atoms with E-state index in [9.17, 15) is 0 Å². The lowest BCUT2D eigenvalue weighted by Crippen LogP contribution is -1.87. The summed E-state index contributed by atoms with van der Waals surface area (Å²) in [5.74, 6) is 0. The van der Waals surface area contributed by atoms with E-state index in [1.807, 2.05) is 6.92 Å². The van der Waals surface area contributed by atoms with Gasteiger partial charge in [-0.1, -0.05) is 0 Å². The third kappa shape index (κ3) is 1.35. The molecule has 64 valence electrons. The Morgan fingerprint density at radius 1 is 1.42 bits per heavy atom. The predicted molar refractivity (Wildman–Crippen MR) is 48.7 cm³/mol. The van der Waals surface area contributed by atoms with Gasteiger partial charge in [-0.05, 0) is 18.5 Å². The highest BCUT2D eigenvalue weighted by Gasteiger charge is 2.02. The Hall–Kier alpha value is -0.870. The highest BCUT2D eigenvalue weighted by molar-refractivity contribution is 6.28. The Bertz CT molecular complexity index is 397. The smallest absolute Gasteiger partial charge is 0.224 e. The summed E-state index contributed by atoms with van der Waals surface area (Å²) in [7, 11) is 0. The molecule has 0 spiro atoms. The second-order valence-electron chi connectivity index (χ2n) is 2.21. The summed E-state index contributed by atoms with van der Waals surface area (Å²) in [6.45, 7) is 1.87. The van der Waals surface area contributed by atoms with Crippen molar-refractivity contribution in [3.63, 3.8) is 0 Å². The van der Waals surface area contributed by atoms with E-state index in [2.05, 4.69) is 20.2 Å². The second-order valence-corrected chi connectivity index (χ2v) is 2.55. The van der Waals surface area contributed by atoms with Gasteiger partial charge in [0.05, 0.1) is 17.3 Å². The minimum absolute atomic E-state index is 0. The number of nitrogens with zero attached hydrogens (tertiary/aromatic N) is 3. The number of rotatable bonds is 0.